The summed E-state index contributed by atoms with van der Waals surface area (Å²) in [5.41, 5.74) is 0. The van der Waals surface area contributed by atoms with E-state index in [2.05, 4.69) is 16.5 Å². The van der Waals surface area contributed by atoms with E-state index < -0.39 is 0 Å². The van der Waals surface area contributed by atoms with Crippen molar-refractivity contribution >= 4 is 0 Å². The predicted octanol–water partition coefficient (Wildman–Crippen LogP) is -0.0788. The molecule has 0 saturated heterocycles. The molecule has 0 aliphatic heterocycles. The molecule has 0 spiro atoms. The van der Waals surface area contributed by atoms with Crippen molar-refractivity contribution < 1.29 is 32.7 Å². The van der Waals surface area contributed by atoms with Crippen molar-refractivity contribution in [3.05, 3.63) is 12.2 Å². The number of hydrogen-bond acceptors (Lipinski definition) is 2. The summed E-state index contributed by atoms with van der Waals surface area (Å²) < 4.78 is 1.74. The van der Waals surface area contributed by atoms with E-state index >= 15 is 0 Å². The van der Waals surface area contributed by atoms with Crippen LogP contribution in [0.4, 0.5) is 0 Å². The molecule has 1 radical (unpaired) electrons. The average Bonchev–Trinajstić information content (AvgIpc) is 1.91. The Morgan fingerprint density at radius 1 is 1.62 bits per heavy atom. The van der Waals surface area contributed by atoms with E-state index in [-0.39, 0.29) is 32.7 Å². The maximum Gasteiger partial charge on any atom is 0 e. The summed E-state index contributed by atoms with van der Waals surface area (Å²) >= 11 is 0. The van der Waals surface area contributed by atoms with Crippen LogP contribution in [0.2, 0.25) is 0 Å². The Morgan fingerprint density at radius 3 is 2.38 bits per heavy atom. The number of hydrogen-bond donors (Lipinski definition) is 0. The van der Waals surface area contributed by atoms with Gasteiger partial charge in [-0.2, -0.15) is 0 Å². The van der Waals surface area contributed by atoms with Gasteiger partial charge in [0.05, 0.1) is 0 Å². The Labute approximate surface area is 73.4 Å². The van der Waals surface area contributed by atoms with Gasteiger partial charge in [0, 0.05) is 32.7 Å². The molecule has 0 aliphatic rings. The first-order valence-electron chi connectivity index (χ1n) is 2.04. The van der Waals surface area contributed by atoms with E-state index in [0.29, 0.717) is 0 Å². The maximum atomic E-state index is 3.67. The van der Waals surface area contributed by atoms with Crippen LogP contribution >= 0.6 is 0 Å². The minimum absolute atomic E-state index is 0. The summed E-state index contributed by atoms with van der Waals surface area (Å²) in [6.07, 6.45) is 2.62. The maximum absolute atomic E-state index is 3.67. The normalized spacial score (nSPS) is 8.25. The molecule has 0 aliphatic carbocycles. The number of aryl methyl sites for hydroxylation is 2. The predicted molar refractivity (Wildman–Crippen MR) is 24.6 cm³/mol. The third-order valence-electron chi connectivity index (χ3n) is 0.875. The van der Waals surface area contributed by atoms with E-state index in [1.54, 1.807) is 4.57 Å². The number of aromatic nitrogens is 3. The second kappa shape index (κ2) is 3.31. The second-order valence-corrected chi connectivity index (χ2v) is 1.41. The SMILES string of the molecule is Cc1nn[c-]n1C.[Y]. The fraction of sp³-hybridized carbons (Fsp3) is 0.500. The third kappa shape index (κ3) is 1.64. The van der Waals surface area contributed by atoms with Crippen molar-refractivity contribution in [2.45, 2.75) is 6.92 Å². The zero-order chi connectivity index (χ0) is 5.28. The first-order valence-corrected chi connectivity index (χ1v) is 2.04. The van der Waals surface area contributed by atoms with Crippen molar-refractivity contribution in [3.63, 3.8) is 0 Å². The molecule has 0 saturated carbocycles. The first kappa shape index (κ1) is 8.24. The minimum Gasteiger partial charge on any atom is -0.483 e. The van der Waals surface area contributed by atoms with Crippen LogP contribution in [0.25, 0.3) is 0 Å². The van der Waals surface area contributed by atoms with Crippen molar-refractivity contribution in [2.24, 2.45) is 7.05 Å². The molecule has 1 aromatic heterocycles. The Kier molecular flexibility index (Phi) is 3.41. The van der Waals surface area contributed by atoms with Crippen LogP contribution in [0, 0.1) is 13.3 Å². The van der Waals surface area contributed by atoms with E-state index in [0.717, 1.165) is 5.82 Å². The fourth-order valence-corrected chi connectivity index (χ4v) is 0.301. The molecule has 1 rings (SSSR count). The molecular weight excluding hydrogens is 179 g/mol. The Morgan fingerprint density at radius 2 is 2.25 bits per heavy atom. The molecular formula is C4H6N3Y-. The first-order chi connectivity index (χ1) is 3.30. The van der Waals surface area contributed by atoms with Gasteiger partial charge in [-0.05, 0) is 19.2 Å². The van der Waals surface area contributed by atoms with Gasteiger partial charge in [-0.25, -0.2) is 0 Å². The van der Waals surface area contributed by atoms with Gasteiger partial charge < -0.3 is 4.57 Å². The zero-order valence-electron chi connectivity index (χ0n) is 4.92. The second-order valence-electron chi connectivity index (χ2n) is 1.41. The standard InChI is InChI=1S/C4H6N3.Y/c1-4-6-5-3-7(4)2;/h1-2H3;/q-1;. The van der Waals surface area contributed by atoms with Gasteiger partial charge in [0.1, 0.15) is 0 Å². The molecule has 0 atom stereocenters. The van der Waals surface area contributed by atoms with E-state index in [4.69, 9.17) is 0 Å². The van der Waals surface area contributed by atoms with Crippen LogP contribution in [0.5, 0.6) is 0 Å². The van der Waals surface area contributed by atoms with Gasteiger partial charge in [0.2, 0.25) is 0 Å². The Balaban J connectivity index is 0.000000490. The molecule has 0 N–H and O–H groups in total. The molecule has 0 bridgehead atoms. The molecule has 0 fully saturated rings. The molecule has 1 aromatic rings. The molecule has 0 aromatic carbocycles. The van der Waals surface area contributed by atoms with Gasteiger partial charge in [0.25, 0.3) is 0 Å². The van der Waals surface area contributed by atoms with Gasteiger partial charge in [0.15, 0.2) is 0 Å². The van der Waals surface area contributed by atoms with E-state index in [9.17, 15) is 0 Å². The van der Waals surface area contributed by atoms with Crippen molar-refractivity contribution in [2.75, 3.05) is 0 Å². The molecule has 0 amide bonds. The summed E-state index contributed by atoms with van der Waals surface area (Å²) in [6.45, 7) is 1.88. The van der Waals surface area contributed by atoms with Crippen LogP contribution in [0.3, 0.4) is 0 Å². The van der Waals surface area contributed by atoms with Crippen molar-refractivity contribution in [3.8, 4) is 0 Å². The van der Waals surface area contributed by atoms with Crippen molar-refractivity contribution in [1.82, 2.24) is 14.8 Å². The largest absolute Gasteiger partial charge is 0.483 e. The minimum atomic E-state index is 0. The summed E-state index contributed by atoms with van der Waals surface area (Å²) in [6, 6.07) is 0. The third-order valence-corrected chi connectivity index (χ3v) is 0.875. The van der Waals surface area contributed by atoms with Gasteiger partial charge in [-0.1, -0.05) is 6.92 Å². The summed E-state index contributed by atoms with van der Waals surface area (Å²) in [7, 11) is 1.86. The Hall–Kier alpha value is 0.244. The molecule has 4 heteroatoms. The monoisotopic (exact) mass is 185 g/mol. The van der Waals surface area contributed by atoms with E-state index in [1.165, 1.54) is 0 Å². The fourth-order valence-electron chi connectivity index (χ4n) is 0.301. The summed E-state index contributed by atoms with van der Waals surface area (Å²) in [5, 5.41) is 7.18. The molecule has 41 valence electrons. The van der Waals surface area contributed by atoms with Crippen LogP contribution < -0.4 is 0 Å². The van der Waals surface area contributed by atoms with Crippen LogP contribution in [0.1, 0.15) is 5.82 Å². The summed E-state index contributed by atoms with van der Waals surface area (Å²) in [4.78, 5) is 0. The van der Waals surface area contributed by atoms with Crippen LogP contribution in [-0.4, -0.2) is 14.8 Å². The van der Waals surface area contributed by atoms with Crippen LogP contribution in [0.15, 0.2) is 0 Å². The molecule has 3 nitrogen and oxygen atoms in total. The number of rotatable bonds is 0. The topological polar surface area (TPSA) is 30.7 Å². The van der Waals surface area contributed by atoms with Crippen LogP contribution in [-0.2, 0) is 39.8 Å². The molecule has 0 unspecified atom stereocenters. The van der Waals surface area contributed by atoms with Gasteiger partial charge in [-0.15, -0.1) is 0 Å². The van der Waals surface area contributed by atoms with Gasteiger partial charge in [-0.3, -0.25) is 10.2 Å². The average molecular weight is 185 g/mol. The van der Waals surface area contributed by atoms with Gasteiger partial charge >= 0.3 is 0 Å². The number of nitrogens with zero attached hydrogens (tertiary/aromatic N) is 3. The zero-order valence-corrected chi connectivity index (χ0v) is 7.76. The smallest absolute Gasteiger partial charge is 0 e. The van der Waals surface area contributed by atoms with E-state index in [1.807, 2.05) is 14.0 Å². The quantitative estimate of drug-likeness (QED) is 0.529. The summed E-state index contributed by atoms with van der Waals surface area (Å²) in [5.74, 6) is 0.889. The molecule has 8 heavy (non-hydrogen) atoms. The van der Waals surface area contributed by atoms with Crippen molar-refractivity contribution in [1.29, 1.82) is 0 Å². The molecule has 1 heterocycles. The Bertz CT molecular complexity index is 144.